The molecule has 0 radical (unpaired) electrons. The first-order valence-electron chi connectivity index (χ1n) is 10.9. The van der Waals surface area contributed by atoms with Crippen LogP contribution in [-0.2, 0) is 4.79 Å². The van der Waals surface area contributed by atoms with Gasteiger partial charge in [-0.1, -0.05) is 13.0 Å². The maximum absolute atomic E-state index is 13.0. The minimum Gasteiger partial charge on any atom is -0.346 e. The number of aromatic amines is 1. The number of H-pyrrole nitrogens is 1. The molecule has 1 aliphatic heterocycles. The Morgan fingerprint density at radius 3 is 2.67 bits per heavy atom. The molecule has 2 aliphatic rings. The lowest BCUT2D eigenvalue weighted by molar-refractivity contribution is -0.384. The summed E-state index contributed by atoms with van der Waals surface area (Å²) in [5.74, 6) is 0.532. The van der Waals surface area contributed by atoms with Crippen LogP contribution in [-0.4, -0.2) is 51.2 Å². The number of amides is 2. The second-order valence-corrected chi connectivity index (χ2v) is 8.59. The van der Waals surface area contributed by atoms with Crippen molar-refractivity contribution < 1.29 is 14.5 Å². The van der Waals surface area contributed by atoms with Gasteiger partial charge in [-0.15, -0.1) is 0 Å². The quantitative estimate of drug-likeness (QED) is 0.353. The Labute approximate surface area is 189 Å². The SMILES string of the molecule is C[C@@H]1CN(C(=O)c2ccc([N+](=O)[O-])cc2)CC=C1c1cc(N(C=O)C2CC2)nc2[nH]ccc12. The van der Waals surface area contributed by atoms with Crippen LogP contribution in [0, 0.1) is 16.0 Å². The van der Waals surface area contributed by atoms with E-state index in [1.54, 1.807) is 9.80 Å². The smallest absolute Gasteiger partial charge is 0.269 e. The molecule has 0 spiro atoms. The molecule has 9 heteroatoms. The molecular formula is C24H23N5O4. The number of non-ortho nitro benzene ring substituents is 1. The van der Waals surface area contributed by atoms with Gasteiger partial charge in [0.15, 0.2) is 0 Å². The van der Waals surface area contributed by atoms with Crippen molar-refractivity contribution in [3.05, 3.63) is 69.9 Å². The Bertz CT molecular complexity index is 1280. The minimum atomic E-state index is -0.480. The topological polar surface area (TPSA) is 112 Å². The molecule has 0 unspecified atom stereocenters. The summed E-state index contributed by atoms with van der Waals surface area (Å²) in [5, 5.41) is 11.9. The normalized spacial score (nSPS) is 18.2. The van der Waals surface area contributed by atoms with Crippen LogP contribution in [0.1, 0.15) is 35.7 Å². The highest BCUT2D eigenvalue weighted by Gasteiger charge is 2.31. The minimum absolute atomic E-state index is 0.0414. The molecule has 1 fully saturated rings. The van der Waals surface area contributed by atoms with Crippen LogP contribution in [0.4, 0.5) is 11.5 Å². The highest BCUT2D eigenvalue weighted by atomic mass is 16.6. The van der Waals surface area contributed by atoms with Crippen molar-refractivity contribution >= 4 is 40.4 Å². The Hall–Kier alpha value is -4.01. The Morgan fingerprint density at radius 2 is 2.03 bits per heavy atom. The average Bonchev–Trinajstić information content (AvgIpc) is 3.54. The highest BCUT2D eigenvalue weighted by Crippen LogP contribution is 2.37. The van der Waals surface area contributed by atoms with Gasteiger partial charge in [0.2, 0.25) is 6.41 Å². The maximum Gasteiger partial charge on any atom is 0.269 e. The lowest BCUT2D eigenvalue weighted by Crippen LogP contribution is -2.38. The molecule has 2 amide bonds. The van der Waals surface area contributed by atoms with Crippen LogP contribution in [0.2, 0.25) is 0 Å². The summed E-state index contributed by atoms with van der Waals surface area (Å²) >= 11 is 0. The molecule has 2 aromatic heterocycles. The zero-order chi connectivity index (χ0) is 23.1. The number of fused-ring (bicyclic) bond motifs is 1. The number of nitrogens with one attached hydrogen (secondary N) is 1. The fraction of sp³-hybridized carbons (Fsp3) is 0.292. The number of hydrogen-bond donors (Lipinski definition) is 1. The van der Waals surface area contributed by atoms with Crippen molar-refractivity contribution in [3.63, 3.8) is 0 Å². The third kappa shape index (κ3) is 3.86. The van der Waals surface area contributed by atoms with Crippen molar-refractivity contribution in [3.8, 4) is 0 Å². The van der Waals surface area contributed by atoms with E-state index in [1.807, 2.05) is 24.4 Å². The maximum atomic E-state index is 13.0. The Kier molecular flexibility index (Phi) is 5.16. The molecule has 0 saturated heterocycles. The van der Waals surface area contributed by atoms with E-state index in [4.69, 9.17) is 0 Å². The Morgan fingerprint density at radius 1 is 1.27 bits per heavy atom. The summed E-state index contributed by atoms with van der Waals surface area (Å²) in [6.07, 6.45) is 6.70. The predicted octanol–water partition coefficient (Wildman–Crippen LogP) is 3.77. The van der Waals surface area contributed by atoms with Crippen molar-refractivity contribution in [2.75, 3.05) is 18.0 Å². The van der Waals surface area contributed by atoms with E-state index in [9.17, 15) is 19.7 Å². The summed E-state index contributed by atoms with van der Waals surface area (Å²) in [6, 6.07) is 9.85. The van der Waals surface area contributed by atoms with Crippen LogP contribution >= 0.6 is 0 Å². The largest absolute Gasteiger partial charge is 0.346 e. The first-order chi connectivity index (χ1) is 16.0. The van der Waals surface area contributed by atoms with Crippen LogP contribution < -0.4 is 4.90 Å². The first-order valence-corrected chi connectivity index (χ1v) is 10.9. The van der Waals surface area contributed by atoms with E-state index in [-0.39, 0.29) is 23.6 Å². The molecule has 0 bridgehead atoms. The van der Waals surface area contributed by atoms with Crippen LogP contribution in [0.5, 0.6) is 0 Å². The molecular weight excluding hydrogens is 422 g/mol. The van der Waals surface area contributed by atoms with Gasteiger partial charge in [-0.05, 0) is 54.2 Å². The summed E-state index contributed by atoms with van der Waals surface area (Å²) in [4.78, 5) is 46.3. The second-order valence-electron chi connectivity index (χ2n) is 8.59. The van der Waals surface area contributed by atoms with Gasteiger partial charge < -0.3 is 9.88 Å². The molecule has 3 aromatic rings. The van der Waals surface area contributed by atoms with Gasteiger partial charge >= 0.3 is 0 Å². The van der Waals surface area contributed by atoms with Crippen molar-refractivity contribution in [1.29, 1.82) is 0 Å². The van der Waals surface area contributed by atoms with E-state index in [0.717, 1.165) is 41.4 Å². The Balaban J connectivity index is 1.44. The average molecular weight is 445 g/mol. The number of rotatable bonds is 6. The number of nitrogens with zero attached hydrogens (tertiary/aromatic N) is 4. The number of carbonyl (C=O) groups is 2. The second kappa shape index (κ2) is 8.16. The molecule has 1 aliphatic carbocycles. The standard InChI is InChI=1S/C24H23N5O4/c1-15-13-27(24(31)16-2-4-18(5-3-16)29(32)33)11-9-19(15)21-12-22(28(14-30)17-6-7-17)26-23-20(21)8-10-25-23/h2-5,8-10,12,14-15,17H,6-7,11,13H2,1H3,(H,25,26)/t15-/m1/s1. The highest BCUT2D eigenvalue weighted by molar-refractivity contribution is 5.97. The zero-order valence-electron chi connectivity index (χ0n) is 18.1. The lowest BCUT2D eigenvalue weighted by atomic mass is 9.89. The number of aromatic nitrogens is 2. The zero-order valence-corrected chi connectivity index (χ0v) is 18.1. The number of benzene rings is 1. The molecule has 1 N–H and O–H groups in total. The van der Waals surface area contributed by atoms with E-state index < -0.39 is 4.92 Å². The summed E-state index contributed by atoms with van der Waals surface area (Å²) in [6.45, 7) is 3.02. The van der Waals surface area contributed by atoms with Gasteiger partial charge in [0.05, 0.1) is 4.92 Å². The molecule has 9 nitrogen and oxygen atoms in total. The van der Waals surface area contributed by atoms with Gasteiger partial charge in [-0.2, -0.15) is 0 Å². The molecule has 1 aromatic carbocycles. The van der Waals surface area contributed by atoms with Crippen molar-refractivity contribution in [2.24, 2.45) is 5.92 Å². The van der Waals surface area contributed by atoms with Crippen molar-refractivity contribution in [1.82, 2.24) is 14.9 Å². The number of hydrogen-bond acceptors (Lipinski definition) is 5. The summed E-state index contributed by atoms with van der Waals surface area (Å²) in [5.41, 5.74) is 3.24. The van der Waals surface area contributed by atoms with Gasteiger partial charge in [0, 0.05) is 48.4 Å². The number of carbonyl (C=O) groups excluding carboxylic acids is 2. The summed E-state index contributed by atoms with van der Waals surface area (Å²) < 4.78 is 0. The number of pyridine rings is 1. The van der Waals surface area contributed by atoms with E-state index >= 15 is 0 Å². The van der Waals surface area contributed by atoms with Crippen LogP contribution in [0.15, 0.2) is 48.7 Å². The van der Waals surface area contributed by atoms with E-state index in [0.29, 0.717) is 24.5 Å². The van der Waals surface area contributed by atoms with Crippen LogP contribution in [0.3, 0.4) is 0 Å². The number of anilines is 1. The van der Waals surface area contributed by atoms with Gasteiger partial charge in [-0.3, -0.25) is 24.6 Å². The van der Waals surface area contributed by atoms with Gasteiger partial charge in [0.1, 0.15) is 11.5 Å². The molecule has 1 atom stereocenters. The van der Waals surface area contributed by atoms with Gasteiger partial charge in [0.25, 0.3) is 11.6 Å². The van der Waals surface area contributed by atoms with Gasteiger partial charge in [-0.25, -0.2) is 4.98 Å². The molecule has 168 valence electrons. The van der Waals surface area contributed by atoms with Crippen molar-refractivity contribution in [2.45, 2.75) is 25.8 Å². The third-order valence-electron chi connectivity index (χ3n) is 6.31. The summed E-state index contributed by atoms with van der Waals surface area (Å²) in [7, 11) is 0. The lowest BCUT2D eigenvalue weighted by Gasteiger charge is -2.32. The monoisotopic (exact) mass is 445 g/mol. The third-order valence-corrected chi connectivity index (χ3v) is 6.31. The first kappa shape index (κ1) is 20.9. The predicted molar refractivity (Wildman–Crippen MR) is 124 cm³/mol. The fourth-order valence-electron chi connectivity index (χ4n) is 4.44. The number of nitro benzene ring substituents is 1. The molecule has 3 heterocycles. The number of nitro groups is 1. The van der Waals surface area contributed by atoms with E-state index in [1.165, 1.54) is 24.3 Å². The van der Waals surface area contributed by atoms with Crippen LogP contribution in [0.25, 0.3) is 16.6 Å². The fourth-order valence-corrected chi connectivity index (χ4v) is 4.44. The molecule has 1 saturated carbocycles. The molecule has 33 heavy (non-hydrogen) atoms. The van der Waals surface area contributed by atoms with E-state index in [2.05, 4.69) is 16.9 Å². The molecule has 5 rings (SSSR count).